The Morgan fingerprint density at radius 2 is 2.04 bits per heavy atom. The number of benzene rings is 1. The highest BCUT2D eigenvalue weighted by molar-refractivity contribution is 7.87. The van der Waals surface area contributed by atoms with E-state index in [1.807, 2.05) is 6.07 Å². The summed E-state index contributed by atoms with van der Waals surface area (Å²) >= 11 is 0. The molecule has 1 aromatic rings. The SMILES string of the molecule is CC1(C)CN(S(=O)(=O)N[C@@H](Cc2ccccc2)C(=O)O)CCO1. The Morgan fingerprint density at radius 1 is 1.39 bits per heavy atom. The highest BCUT2D eigenvalue weighted by Crippen LogP contribution is 2.18. The van der Waals surface area contributed by atoms with Crippen LogP contribution in [0.2, 0.25) is 0 Å². The van der Waals surface area contributed by atoms with Crippen molar-refractivity contribution >= 4 is 16.2 Å². The number of morpholine rings is 1. The van der Waals surface area contributed by atoms with Gasteiger partial charge in [-0.05, 0) is 25.8 Å². The van der Waals surface area contributed by atoms with Gasteiger partial charge >= 0.3 is 5.97 Å². The Labute approximate surface area is 136 Å². The molecule has 0 spiro atoms. The monoisotopic (exact) mass is 342 g/mol. The molecule has 1 aliphatic rings. The molecule has 23 heavy (non-hydrogen) atoms. The first-order valence-electron chi connectivity index (χ1n) is 7.38. The van der Waals surface area contributed by atoms with Crippen molar-refractivity contribution in [1.82, 2.24) is 9.03 Å². The van der Waals surface area contributed by atoms with Gasteiger partial charge in [-0.1, -0.05) is 30.3 Å². The predicted molar refractivity (Wildman–Crippen MR) is 85.2 cm³/mol. The third-order valence-corrected chi connectivity index (χ3v) is 5.18. The number of hydrogen-bond donors (Lipinski definition) is 2. The molecule has 1 fully saturated rings. The molecule has 7 nitrogen and oxygen atoms in total. The van der Waals surface area contributed by atoms with Gasteiger partial charge in [0, 0.05) is 13.1 Å². The molecule has 8 heteroatoms. The Hall–Kier alpha value is -1.48. The lowest BCUT2D eigenvalue weighted by atomic mass is 10.1. The van der Waals surface area contributed by atoms with Crippen LogP contribution in [0.25, 0.3) is 0 Å². The number of hydrogen-bond acceptors (Lipinski definition) is 4. The van der Waals surface area contributed by atoms with Crippen molar-refractivity contribution in [3.63, 3.8) is 0 Å². The summed E-state index contributed by atoms with van der Waals surface area (Å²) in [5.74, 6) is -1.20. The van der Waals surface area contributed by atoms with Crippen molar-refractivity contribution in [2.75, 3.05) is 19.7 Å². The van der Waals surface area contributed by atoms with E-state index in [4.69, 9.17) is 4.74 Å². The standard InChI is InChI=1S/C15H22N2O5S/c1-15(2)11-17(8-9-22-15)23(20,21)16-13(14(18)19)10-12-6-4-3-5-7-12/h3-7,13,16H,8-11H2,1-2H3,(H,18,19)/t13-/m0/s1. The van der Waals surface area contributed by atoms with E-state index in [0.717, 1.165) is 5.56 Å². The predicted octanol–water partition coefficient (Wildman–Crippen LogP) is 0.627. The number of carbonyl (C=O) groups is 1. The summed E-state index contributed by atoms with van der Waals surface area (Å²) in [6.45, 7) is 4.27. The van der Waals surface area contributed by atoms with Crippen LogP contribution in [0.1, 0.15) is 19.4 Å². The van der Waals surface area contributed by atoms with Gasteiger partial charge in [0.2, 0.25) is 0 Å². The maximum atomic E-state index is 12.5. The normalized spacial score (nSPS) is 20.1. The molecule has 0 amide bonds. The van der Waals surface area contributed by atoms with E-state index in [0.29, 0.717) is 0 Å². The number of rotatable bonds is 6. The number of ether oxygens (including phenoxy) is 1. The third-order valence-electron chi connectivity index (χ3n) is 3.60. The molecular formula is C15H22N2O5S. The van der Waals surface area contributed by atoms with Crippen molar-refractivity contribution in [3.8, 4) is 0 Å². The van der Waals surface area contributed by atoms with Gasteiger partial charge < -0.3 is 9.84 Å². The van der Waals surface area contributed by atoms with Crippen LogP contribution in [0.3, 0.4) is 0 Å². The molecule has 1 atom stereocenters. The molecule has 2 rings (SSSR count). The van der Waals surface area contributed by atoms with E-state index in [-0.39, 0.29) is 26.1 Å². The zero-order valence-corrected chi connectivity index (χ0v) is 14.0. The molecule has 0 aromatic heterocycles. The van der Waals surface area contributed by atoms with Crippen molar-refractivity contribution in [3.05, 3.63) is 35.9 Å². The maximum Gasteiger partial charge on any atom is 0.322 e. The van der Waals surface area contributed by atoms with E-state index in [2.05, 4.69) is 4.72 Å². The summed E-state index contributed by atoms with van der Waals surface area (Å²) in [4.78, 5) is 11.4. The van der Waals surface area contributed by atoms with Crippen LogP contribution < -0.4 is 4.72 Å². The number of nitrogens with zero attached hydrogens (tertiary/aromatic N) is 1. The fraction of sp³-hybridized carbons (Fsp3) is 0.533. The third kappa shape index (κ3) is 5.00. The van der Waals surface area contributed by atoms with Crippen molar-refractivity contribution in [1.29, 1.82) is 0 Å². The summed E-state index contributed by atoms with van der Waals surface area (Å²) in [5.41, 5.74) is 0.162. The van der Waals surface area contributed by atoms with Crippen molar-refractivity contribution < 1.29 is 23.1 Å². The Balaban J connectivity index is 2.10. The number of aliphatic carboxylic acids is 1. The zero-order chi connectivity index (χ0) is 17.1. The van der Waals surface area contributed by atoms with E-state index < -0.39 is 27.8 Å². The first-order chi connectivity index (χ1) is 10.7. The Morgan fingerprint density at radius 3 is 2.61 bits per heavy atom. The molecule has 0 radical (unpaired) electrons. The molecule has 1 aliphatic heterocycles. The second kappa shape index (κ2) is 6.96. The molecule has 0 saturated carbocycles. The zero-order valence-electron chi connectivity index (χ0n) is 13.2. The first-order valence-corrected chi connectivity index (χ1v) is 8.82. The minimum Gasteiger partial charge on any atom is -0.480 e. The van der Waals surface area contributed by atoms with Gasteiger partial charge in [0.15, 0.2) is 0 Å². The number of nitrogens with one attached hydrogen (secondary N) is 1. The maximum absolute atomic E-state index is 12.5. The summed E-state index contributed by atoms with van der Waals surface area (Å²) in [5, 5.41) is 9.33. The highest BCUT2D eigenvalue weighted by atomic mass is 32.2. The second-order valence-electron chi connectivity index (χ2n) is 6.15. The summed E-state index contributed by atoms with van der Waals surface area (Å²) in [6, 6.07) is 7.71. The fourth-order valence-electron chi connectivity index (χ4n) is 2.46. The molecule has 2 N–H and O–H groups in total. The highest BCUT2D eigenvalue weighted by Gasteiger charge is 2.36. The molecule has 0 aliphatic carbocycles. The largest absolute Gasteiger partial charge is 0.480 e. The average molecular weight is 342 g/mol. The average Bonchev–Trinajstić information content (AvgIpc) is 2.46. The van der Waals surface area contributed by atoms with Crippen molar-refractivity contribution in [2.24, 2.45) is 0 Å². The van der Waals surface area contributed by atoms with Gasteiger partial charge in [-0.25, -0.2) is 0 Å². The second-order valence-corrected chi connectivity index (χ2v) is 7.85. The lowest BCUT2D eigenvalue weighted by Crippen LogP contribution is -2.56. The van der Waals surface area contributed by atoms with E-state index in [9.17, 15) is 18.3 Å². The van der Waals surface area contributed by atoms with Crippen LogP contribution in [0.5, 0.6) is 0 Å². The van der Waals surface area contributed by atoms with Crippen LogP contribution in [-0.2, 0) is 26.2 Å². The van der Waals surface area contributed by atoms with Crippen LogP contribution in [-0.4, -0.2) is 55.1 Å². The van der Waals surface area contributed by atoms with E-state index in [1.165, 1.54) is 4.31 Å². The molecule has 1 aromatic carbocycles. The molecule has 1 heterocycles. The van der Waals surface area contributed by atoms with E-state index in [1.54, 1.807) is 38.1 Å². The van der Waals surface area contributed by atoms with Gasteiger partial charge in [-0.2, -0.15) is 17.4 Å². The molecule has 128 valence electrons. The van der Waals surface area contributed by atoms with Gasteiger partial charge in [0.25, 0.3) is 10.2 Å². The van der Waals surface area contributed by atoms with Gasteiger partial charge in [-0.3, -0.25) is 4.79 Å². The van der Waals surface area contributed by atoms with Crippen LogP contribution >= 0.6 is 0 Å². The topological polar surface area (TPSA) is 95.9 Å². The lowest BCUT2D eigenvalue weighted by molar-refractivity contribution is -0.139. The van der Waals surface area contributed by atoms with Crippen molar-refractivity contribution in [2.45, 2.75) is 31.9 Å². The summed E-state index contributed by atoms with van der Waals surface area (Å²) < 4.78 is 34.0. The van der Waals surface area contributed by atoms with Gasteiger partial charge in [0.1, 0.15) is 6.04 Å². The smallest absolute Gasteiger partial charge is 0.322 e. The van der Waals surface area contributed by atoms with E-state index >= 15 is 0 Å². The van der Waals surface area contributed by atoms with Gasteiger partial charge in [0.05, 0.1) is 12.2 Å². The first kappa shape index (κ1) is 17.9. The van der Waals surface area contributed by atoms with Crippen LogP contribution in [0.4, 0.5) is 0 Å². The minimum atomic E-state index is -3.90. The van der Waals surface area contributed by atoms with Gasteiger partial charge in [-0.15, -0.1) is 0 Å². The Bertz CT molecular complexity index is 645. The Kier molecular flexibility index (Phi) is 5.41. The summed E-state index contributed by atoms with van der Waals surface area (Å²) in [6.07, 6.45) is 0.0864. The lowest BCUT2D eigenvalue weighted by Gasteiger charge is -2.37. The van der Waals surface area contributed by atoms with Crippen LogP contribution in [0, 0.1) is 0 Å². The fourth-order valence-corrected chi connectivity index (χ4v) is 3.95. The minimum absolute atomic E-state index is 0.0864. The molecule has 1 saturated heterocycles. The molecule has 0 unspecified atom stereocenters. The number of carboxylic acids is 1. The molecule has 0 bridgehead atoms. The quantitative estimate of drug-likeness (QED) is 0.790. The van der Waals surface area contributed by atoms with Crippen LogP contribution in [0.15, 0.2) is 30.3 Å². The number of carboxylic acid groups (broad SMARTS) is 1. The molecular weight excluding hydrogens is 320 g/mol. The summed E-state index contributed by atoms with van der Waals surface area (Å²) in [7, 11) is -3.90.